The molecule has 0 aliphatic heterocycles. The van der Waals surface area contributed by atoms with Gasteiger partial charge in [-0.2, -0.15) is 13.2 Å². The number of rotatable bonds is 6. The summed E-state index contributed by atoms with van der Waals surface area (Å²) in [7, 11) is 0. The first-order valence-electron chi connectivity index (χ1n) is 7.73. The number of hydrogen-bond acceptors (Lipinski definition) is 2. The maximum Gasteiger partial charge on any atom is 0.471 e. The summed E-state index contributed by atoms with van der Waals surface area (Å²) in [5.74, 6) is -2.82. The van der Waals surface area contributed by atoms with Gasteiger partial charge in [-0.1, -0.05) is 30.3 Å². The van der Waals surface area contributed by atoms with E-state index in [0.717, 1.165) is 0 Å². The molecule has 0 saturated heterocycles. The van der Waals surface area contributed by atoms with Gasteiger partial charge < -0.3 is 10.6 Å². The van der Waals surface area contributed by atoms with Gasteiger partial charge in [-0.15, -0.1) is 0 Å². The van der Waals surface area contributed by atoms with Gasteiger partial charge in [0.25, 0.3) is 0 Å². The Kier molecular flexibility index (Phi) is 6.32. The Balaban J connectivity index is 1.94. The molecule has 2 aromatic rings. The molecule has 2 N–H and O–H groups in total. The summed E-state index contributed by atoms with van der Waals surface area (Å²) in [4.78, 5) is 23.0. The van der Waals surface area contributed by atoms with E-state index in [0.29, 0.717) is 23.2 Å². The first-order chi connectivity index (χ1) is 12.3. The van der Waals surface area contributed by atoms with Gasteiger partial charge in [0.05, 0.1) is 0 Å². The monoisotopic (exact) mass is 368 g/mol. The molecule has 0 aliphatic rings. The lowest BCUT2D eigenvalue weighted by Crippen LogP contribution is -2.36. The third kappa shape index (κ3) is 5.87. The van der Waals surface area contributed by atoms with Crippen LogP contribution < -0.4 is 10.6 Å². The molecular formula is C18H16F4N2O2. The fourth-order valence-corrected chi connectivity index (χ4v) is 2.24. The lowest BCUT2D eigenvalue weighted by atomic mass is 10.1. The Bertz CT molecular complexity index is 791. The first kappa shape index (κ1) is 19.4. The molecule has 8 heteroatoms. The molecule has 0 spiro atoms. The number of nitrogens with one attached hydrogen (secondary N) is 2. The number of hydrogen-bond donors (Lipinski definition) is 2. The Hall–Kier alpha value is -2.90. The molecule has 2 amide bonds. The van der Waals surface area contributed by atoms with Gasteiger partial charge in [-0.05, 0) is 35.7 Å². The van der Waals surface area contributed by atoms with Crippen LogP contribution in [0, 0.1) is 5.82 Å². The molecule has 0 atom stereocenters. The zero-order chi connectivity index (χ0) is 19.2. The SMILES string of the molecule is O=C(CCc1cccc(F)c1)Nc1ccccc1CNC(=O)C(F)(F)F. The zero-order valence-corrected chi connectivity index (χ0v) is 13.6. The molecule has 0 heterocycles. The van der Waals surface area contributed by atoms with Crippen LogP contribution in [-0.4, -0.2) is 18.0 Å². The van der Waals surface area contributed by atoms with E-state index in [2.05, 4.69) is 5.32 Å². The number of carbonyl (C=O) groups excluding carboxylic acids is 2. The van der Waals surface area contributed by atoms with Crippen molar-refractivity contribution in [2.75, 3.05) is 5.32 Å². The largest absolute Gasteiger partial charge is 0.471 e. The lowest BCUT2D eigenvalue weighted by molar-refractivity contribution is -0.173. The van der Waals surface area contributed by atoms with Crippen molar-refractivity contribution in [3.05, 3.63) is 65.5 Å². The van der Waals surface area contributed by atoms with Gasteiger partial charge in [-0.25, -0.2) is 4.39 Å². The lowest BCUT2D eigenvalue weighted by Gasteiger charge is -2.13. The van der Waals surface area contributed by atoms with Crippen molar-refractivity contribution in [3.8, 4) is 0 Å². The average Bonchev–Trinajstić information content (AvgIpc) is 2.58. The highest BCUT2D eigenvalue weighted by Gasteiger charge is 2.38. The molecular weight excluding hydrogens is 352 g/mol. The second-order valence-electron chi connectivity index (χ2n) is 5.52. The van der Waals surface area contributed by atoms with Gasteiger partial charge >= 0.3 is 12.1 Å². The second-order valence-corrected chi connectivity index (χ2v) is 5.52. The summed E-state index contributed by atoms with van der Waals surface area (Å²) in [5.41, 5.74) is 1.30. The number of alkyl halides is 3. The molecule has 0 fully saturated rings. The summed E-state index contributed by atoms with van der Waals surface area (Å²) in [6, 6.07) is 12.1. The zero-order valence-electron chi connectivity index (χ0n) is 13.6. The van der Waals surface area contributed by atoms with E-state index >= 15 is 0 Å². The Morgan fingerprint density at radius 2 is 1.73 bits per heavy atom. The van der Waals surface area contributed by atoms with Gasteiger partial charge in [-0.3, -0.25) is 9.59 Å². The van der Waals surface area contributed by atoms with E-state index in [1.807, 2.05) is 0 Å². The number of halogens is 4. The topological polar surface area (TPSA) is 58.2 Å². The highest BCUT2D eigenvalue weighted by molar-refractivity contribution is 5.91. The molecule has 0 saturated carbocycles. The van der Waals surface area contributed by atoms with Crippen LogP contribution in [0.25, 0.3) is 0 Å². The molecule has 0 aromatic heterocycles. The Labute approximate surface area is 147 Å². The van der Waals surface area contributed by atoms with Crippen molar-refractivity contribution in [2.45, 2.75) is 25.6 Å². The number of amides is 2. The highest BCUT2D eigenvalue weighted by Crippen LogP contribution is 2.18. The maximum atomic E-state index is 13.1. The van der Waals surface area contributed by atoms with Gasteiger partial charge in [0, 0.05) is 18.7 Å². The fourth-order valence-electron chi connectivity index (χ4n) is 2.24. The van der Waals surface area contributed by atoms with E-state index in [1.54, 1.807) is 29.6 Å². The Morgan fingerprint density at radius 3 is 2.42 bits per heavy atom. The van der Waals surface area contributed by atoms with Crippen molar-refractivity contribution >= 4 is 17.5 Å². The predicted octanol–water partition coefficient (Wildman–Crippen LogP) is 3.58. The van der Waals surface area contributed by atoms with Crippen molar-refractivity contribution in [1.29, 1.82) is 0 Å². The van der Waals surface area contributed by atoms with Crippen LogP contribution in [0.2, 0.25) is 0 Å². The van der Waals surface area contributed by atoms with Crippen molar-refractivity contribution < 1.29 is 27.2 Å². The molecule has 0 bridgehead atoms. The molecule has 4 nitrogen and oxygen atoms in total. The third-order valence-electron chi connectivity index (χ3n) is 3.52. The van der Waals surface area contributed by atoms with E-state index in [9.17, 15) is 27.2 Å². The van der Waals surface area contributed by atoms with E-state index in [-0.39, 0.29) is 18.9 Å². The van der Waals surface area contributed by atoms with E-state index in [1.165, 1.54) is 24.3 Å². The fraction of sp³-hybridized carbons (Fsp3) is 0.222. The molecule has 0 unspecified atom stereocenters. The van der Waals surface area contributed by atoms with Gasteiger partial charge in [0.15, 0.2) is 0 Å². The van der Waals surface area contributed by atoms with Gasteiger partial charge in [0.2, 0.25) is 5.91 Å². The number of anilines is 1. The number of aryl methyl sites for hydroxylation is 1. The van der Waals surface area contributed by atoms with Crippen LogP contribution in [0.4, 0.5) is 23.2 Å². The minimum Gasteiger partial charge on any atom is -0.344 e. The van der Waals surface area contributed by atoms with Crippen LogP contribution in [0.15, 0.2) is 48.5 Å². The number of benzene rings is 2. The van der Waals surface area contributed by atoms with Crippen LogP contribution in [-0.2, 0) is 22.6 Å². The average molecular weight is 368 g/mol. The summed E-state index contributed by atoms with van der Waals surface area (Å²) in [6.07, 6.45) is -4.58. The minimum absolute atomic E-state index is 0.0761. The molecule has 2 rings (SSSR count). The summed E-state index contributed by atoms with van der Waals surface area (Å²) in [6.45, 7) is -0.376. The minimum atomic E-state index is -4.97. The van der Waals surface area contributed by atoms with Gasteiger partial charge in [0.1, 0.15) is 5.82 Å². The number of carbonyl (C=O) groups is 2. The molecule has 0 radical (unpaired) electrons. The highest BCUT2D eigenvalue weighted by atomic mass is 19.4. The maximum absolute atomic E-state index is 13.1. The quantitative estimate of drug-likeness (QED) is 0.766. The normalized spacial score (nSPS) is 11.1. The van der Waals surface area contributed by atoms with Crippen LogP contribution in [0.5, 0.6) is 0 Å². The third-order valence-corrected chi connectivity index (χ3v) is 3.52. The molecule has 2 aromatic carbocycles. The number of para-hydroxylation sites is 1. The van der Waals surface area contributed by atoms with Crippen LogP contribution in [0.1, 0.15) is 17.5 Å². The van der Waals surface area contributed by atoms with Crippen LogP contribution >= 0.6 is 0 Å². The van der Waals surface area contributed by atoms with Crippen molar-refractivity contribution in [2.24, 2.45) is 0 Å². The first-order valence-corrected chi connectivity index (χ1v) is 7.73. The molecule has 138 valence electrons. The summed E-state index contributed by atoms with van der Waals surface area (Å²) in [5, 5.41) is 4.35. The molecule has 0 aliphatic carbocycles. The second kappa shape index (κ2) is 8.46. The van der Waals surface area contributed by atoms with E-state index in [4.69, 9.17) is 0 Å². The standard InChI is InChI=1S/C18H16F4N2O2/c19-14-6-3-4-12(10-14)8-9-16(25)24-15-7-2-1-5-13(15)11-23-17(26)18(20,21)22/h1-7,10H,8-9,11H2,(H,23,26)(H,24,25). The van der Waals surface area contributed by atoms with Crippen molar-refractivity contribution in [1.82, 2.24) is 5.32 Å². The smallest absolute Gasteiger partial charge is 0.344 e. The Morgan fingerprint density at radius 1 is 1.00 bits per heavy atom. The predicted molar refractivity (Wildman–Crippen MR) is 87.7 cm³/mol. The van der Waals surface area contributed by atoms with Crippen LogP contribution in [0.3, 0.4) is 0 Å². The van der Waals surface area contributed by atoms with Crippen molar-refractivity contribution in [3.63, 3.8) is 0 Å². The summed E-state index contributed by atoms with van der Waals surface area (Å²) < 4.78 is 49.8. The molecule has 26 heavy (non-hydrogen) atoms. The van der Waals surface area contributed by atoms with E-state index < -0.39 is 17.9 Å². The summed E-state index contributed by atoms with van der Waals surface area (Å²) >= 11 is 0.